The van der Waals surface area contributed by atoms with E-state index in [1.807, 2.05) is 0 Å². The molecule has 1 unspecified atom stereocenters. The van der Waals surface area contributed by atoms with Crippen LogP contribution in [0.5, 0.6) is 5.88 Å². The second-order valence-electron chi connectivity index (χ2n) is 6.50. The van der Waals surface area contributed by atoms with Crippen LogP contribution in [0.4, 0.5) is 26.5 Å². The molecule has 4 N–H and O–H groups in total. The predicted octanol–water partition coefficient (Wildman–Crippen LogP) is 3.35. The van der Waals surface area contributed by atoms with E-state index < -0.39 is 21.6 Å². The minimum Gasteiger partial charge on any atom is -0.480 e. The van der Waals surface area contributed by atoms with E-state index in [1.54, 1.807) is 37.3 Å². The Morgan fingerprint density at radius 1 is 1.28 bits per heavy atom. The minimum absolute atomic E-state index is 0.0336. The van der Waals surface area contributed by atoms with Crippen LogP contribution in [0.1, 0.15) is 6.92 Å². The lowest BCUT2D eigenvalue weighted by Crippen LogP contribution is -2.31. The van der Waals surface area contributed by atoms with Crippen molar-refractivity contribution in [2.24, 2.45) is 0 Å². The van der Waals surface area contributed by atoms with Crippen LogP contribution in [0, 0.1) is 5.82 Å². The van der Waals surface area contributed by atoms with Gasteiger partial charge < -0.3 is 20.5 Å². The van der Waals surface area contributed by atoms with Gasteiger partial charge in [-0.25, -0.2) is 23.1 Å². The van der Waals surface area contributed by atoms with E-state index in [-0.39, 0.29) is 29.0 Å². The van der Waals surface area contributed by atoms with E-state index in [0.29, 0.717) is 16.8 Å². The van der Waals surface area contributed by atoms with Gasteiger partial charge in [0.05, 0.1) is 39.6 Å². The summed E-state index contributed by atoms with van der Waals surface area (Å²) in [7, 11) is -1.70. The van der Waals surface area contributed by atoms with E-state index in [9.17, 15) is 13.4 Å². The molecule has 2 aromatic carbocycles. The quantitative estimate of drug-likeness (QED) is 0.362. The number of benzene rings is 2. The average Bonchev–Trinajstić information content (AvgIpc) is 2.75. The number of carbonyl (C=O) groups is 1. The van der Waals surface area contributed by atoms with Crippen LogP contribution in [0.25, 0.3) is 11.1 Å². The molecule has 32 heavy (non-hydrogen) atoms. The molecule has 1 atom stereocenters. The molecular weight excluding hydrogens is 437 g/mol. The summed E-state index contributed by atoms with van der Waals surface area (Å²) in [5.41, 5.74) is 7.04. The van der Waals surface area contributed by atoms with Gasteiger partial charge in [0.1, 0.15) is 5.82 Å². The monoisotopic (exact) mass is 459 g/mol. The van der Waals surface area contributed by atoms with Gasteiger partial charge in [-0.05, 0) is 48.7 Å². The zero-order valence-corrected chi connectivity index (χ0v) is 18.2. The lowest BCUT2D eigenvalue weighted by Gasteiger charge is -2.14. The van der Waals surface area contributed by atoms with Gasteiger partial charge in [-0.2, -0.15) is 4.98 Å². The summed E-state index contributed by atoms with van der Waals surface area (Å²) in [4.78, 5) is 20.5. The molecule has 0 radical (unpaired) electrons. The number of nitrogens with one attached hydrogen (secondary N) is 2. The zero-order valence-electron chi connectivity index (χ0n) is 17.4. The van der Waals surface area contributed by atoms with Crippen molar-refractivity contribution in [3.05, 3.63) is 54.5 Å². The Labute approximate surface area is 184 Å². The van der Waals surface area contributed by atoms with Gasteiger partial charge in [0.15, 0.2) is 0 Å². The van der Waals surface area contributed by atoms with Crippen LogP contribution in [0.15, 0.2) is 53.6 Å². The first-order valence-electron chi connectivity index (χ1n) is 9.38. The molecule has 3 aromatic rings. The highest BCUT2D eigenvalue weighted by Gasteiger charge is 2.15. The van der Waals surface area contributed by atoms with E-state index >= 15 is 0 Å². The first-order valence-corrected chi connectivity index (χ1v) is 11.1. The van der Waals surface area contributed by atoms with Gasteiger partial charge >= 0.3 is 6.09 Å². The van der Waals surface area contributed by atoms with Crippen molar-refractivity contribution in [2.75, 3.05) is 24.8 Å². The molecule has 1 heterocycles. The van der Waals surface area contributed by atoms with Gasteiger partial charge in [0, 0.05) is 11.9 Å². The summed E-state index contributed by atoms with van der Waals surface area (Å²) >= 11 is 0. The van der Waals surface area contributed by atoms with Crippen LogP contribution in [0.2, 0.25) is 0 Å². The van der Waals surface area contributed by atoms with Gasteiger partial charge in [-0.1, -0.05) is 12.1 Å². The van der Waals surface area contributed by atoms with E-state index in [2.05, 4.69) is 25.9 Å². The van der Waals surface area contributed by atoms with E-state index in [4.69, 9.17) is 15.2 Å². The SMILES string of the molecule is C=S(=O)(NC(=O)OCC)c1cccc(Nc2ncc(-c3ccc(N)c(F)c3)c(OC)n2)c1. The predicted molar refractivity (Wildman–Crippen MR) is 122 cm³/mol. The summed E-state index contributed by atoms with van der Waals surface area (Å²) in [5, 5.41) is 2.98. The number of anilines is 3. The molecular formula is C21H22FN5O4S. The molecule has 0 aliphatic heterocycles. The maximum Gasteiger partial charge on any atom is 0.418 e. The van der Waals surface area contributed by atoms with Crippen molar-refractivity contribution in [1.82, 2.24) is 14.7 Å². The lowest BCUT2D eigenvalue weighted by atomic mass is 10.1. The molecule has 0 bridgehead atoms. The fourth-order valence-electron chi connectivity index (χ4n) is 2.74. The molecule has 9 nitrogen and oxygen atoms in total. The second-order valence-corrected chi connectivity index (χ2v) is 8.53. The highest BCUT2D eigenvalue weighted by Crippen LogP contribution is 2.30. The first-order chi connectivity index (χ1) is 15.2. The highest BCUT2D eigenvalue weighted by molar-refractivity contribution is 7.99. The van der Waals surface area contributed by atoms with Gasteiger partial charge in [0.2, 0.25) is 11.8 Å². The Kier molecular flexibility index (Phi) is 6.79. The van der Waals surface area contributed by atoms with Crippen LogP contribution in [0.3, 0.4) is 0 Å². The minimum atomic E-state index is -3.14. The number of amides is 1. The maximum absolute atomic E-state index is 13.8. The standard InChI is InChI=1S/C21H22FN5O4S/c1-4-31-21(28)27-32(3,29)15-7-5-6-14(11-15)25-20-24-12-16(19(26-20)30-2)13-8-9-18(23)17(22)10-13/h5-12H,3-4,23H2,1-2H3,(H,24,25,26)(H,27,28,29). The van der Waals surface area contributed by atoms with Gasteiger partial charge in [-0.15, -0.1) is 0 Å². The van der Waals surface area contributed by atoms with Gasteiger partial charge in [-0.3, -0.25) is 0 Å². The number of methoxy groups -OCH3 is 1. The van der Waals surface area contributed by atoms with E-state index in [0.717, 1.165) is 0 Å². The number of hydrogen-bond acceptors (Lipinski definition) is 8. The number of nitrogen functional groups attached to an aromatic ring is 1. The summed E-state index contributed by atoms with van der Waals surface area (Å²) in [6, 6.07) is 10.8. The summed E-state index contributed by atoms with van der Waals surface area (Å²) in [5.74, 6) is 3.44. The molecule has 0 saturated carbocycles. The van der Waals surface area contributed by atoms with Crippen molar-refractivity contribution >= 4 is 39.0 Å². The number of rotatable bonds is 7. The smallest absolute Gasteiger partial charge is 0.418 e. The molecule has 0 aliphatic rings. The van der Waals surface area contributed by atoms with Crippen molar-refractivity contribution < 1.29 is 22.9 Å². The highest BCUT2D eigenvalue weighted by atomic mass is 32.2. The fourth-order valence-corrected chi connectivity index (χ4v) is 3.80. The summed E-state index contributed by atoms with van der Waals surface area (Å²) in [6.07, 6.45) is 0.657. The third-order valence-electron chi connectivity index (χ3n) is 4.25. The number of nitrogens with zero attached hydrogens (tertiary/aromatic N) is 2. The summed E-state index contributed by atoms with van der Waals surface area (Å²) in [6.45, 7) is 1.78. The summed E-state index contributed by atoms with van der Waals surface area (Å²) < 4.78 is 39.0. The topological polar surface area (TPSA) is 128 Å². The second kappa shape index (κ2) is 9.52. The average molecular weight is 460 g/mol. The molecule has 168 valence electrons. The number of nitrogens with two attached hydrogens (primary N) is 1. The molecule has 11 heteroatoms. The first kappa shape index (κ1) is 22.8. The number of ether oxygens (including phenoxy) is 2. The largest absolute Gasteiger partial charge is 0.480 e. The van der Waals surface area contributed by atoms with Crippen molar-refractivity contribution in [1.29, 1.82) is 0 Å². The number of aromatic nitrogens is 2. The third-order valence-corrected chi connectivity index (χ3v) is 5.76. The number of halogens is 1. The van der Waals surface area contributed by atoms with Crippen LogP contribution in [-0.2, 0) is 14.4 Å². The van der Waals surface area contributed by atoms with Crippen LogP contribution < -0.4 is 20.5 Å². The maximum atomic E-state index is 13.8. The van der Waals surface area contributed by atoms with E-state index in [1.165, 1.54) is 25.4 Å². The lowest BCUT2D eigenvalue weighted by molar-refractivity contribution is 0.159. The van der Waals surface area contributed by atoms with Crippen LogP contribution in [-0.4, -0.2) is 39.9 Å². The Morgan fingerprint density at radius 2 is 2.06 bits per heavy atom. The van der Waals surface area contributed by atoms with Crippen molar-refractivity contribution in [2.45, 2.75) is 11.8 Å². The molecule has 0 spiro atoms. The third kappa shape index (κ3) is 5.24. The Morgan fingerprint density at radius 3 is 2.75 bits per heavy atom. The van der Waals surface area contributed by atoms with Gasteiger partial charge in [0.25, 0.3) is 0 Å². The Hall–Kier alpha value is -3.86. The Bertz CT molecular complexity index is 1250. The molecule has 0 aliphatic carbocycles. The molecule has 0 fully saturated rings. The van der Waals surface area contributed by atoms with Crippen molar-refractivity contribution in [3.8, 4) is 17.0 Å². The Balaban J connectivity index is 1.85. The molecule has 3 rings (SSSR count). The zero-order chi connectivity index (χ0) is 23.3. The normalized spacial score (nSPS) is 12.5. The fraction of sp³-hybridized carbons (Fsp3) is 0.143. The number of carbonyl (C=O) groups excluding carboxylic acids is 1. The van der Waals surface area contributed by atoms with Crippen molar-refractivity contribution in [3.63, 3.8) is 0 Å². The molecule has 1 amide bonds. The molecule has 1 aromatic heterocycles. The van der Waals surface area contributed by atoms with Crippen LogP contribution >= 0.6 is 0 Å². The number of hydrogen-bond donors (Lipinski definition) is 3. The molecule has 0 saturated heterocycles.